The second kappa shape index (κ2) is 4.64. The molecule has 0 spiro atoms. The Morgan fingerprint density at radius 3 is 2.73 bits per heavy atom. The summed E-state index contributed by atoms with van der Waals surface area (Å²) in [5.74, 6) is 0. The first-order valence-electron chi connectivity index (χ1n) is 5.50. The molecule has 1 saturated heterocycles. The summed E-state index contributed by atoms with van der Waals surface area (Å²) >= 11 is 0. The fourth-order valence-corrected chi connectivity index (χ4v) is 2.01. The highest BCUT2D eigenvalue weighted by Gasteiger charge is 2.16. The minimum Gasteiger partial charge on any atom is -0.392 e. The molecular weight excluding hydrogens is 188 g/mol. The van der Waals surface area contributed by atoms with Crippen molar-refractivity contribution in [2.24, 2.45) is 5.73 Å². The highest BCUT2D eigenvalue weighted by atomic mass is 16.3. The molecule has 3 N–H and O–H groups in total. The van der Waals surface area contributed by atoms with Crippen LogP contribution in [0.15, 0.2) is 24.3 Å². The third-order valence-corrected chi connectivity index (χ3v) is 3.00. The van der Waals surface area contributed by atoms with Crippen LogP contribution in [0, 0.1) is 0 Å². The number of hydrogen-bond donors (Lipinski definition) is 2. The third-order valence-electron chi connectivity index (χ3n) is 3.00. The Bertz CT molecular complexity index is 319. The average molecular weight is 206 g/mol. The van der Waals surface area contributed by atoms with Gasteiger partial charge in [0.25, 0.3) is 0 Å². The van der Waals surface area contributed by atoms with Gasteiger partial charge in [-0.2, -0.15) is 0 Å². The smallest absolute Gasteiger partial charge is 0.0682 e. The second-order valence-electron chi connectivity index (χ2n) is 4.15. The standard InChI is InChI=1S/C12H18N2O/c13-11-4-6-14(7-5-11)12-3-1-2-10(8-12)9-15/h1-3,8,11,15H,4-7,9,13H2. The maximum atomic E-state index is 9.06. The normalized spacial score (nSPS) is 18.1. The molecule has 15 heavy (non-hydrogen) atoms. The largest absolute Gasteiger partial charge is 0.392 e. The molecule has 0 aromatic heterocycles. The summed E-state index contributed by atoms with van der Waals surface area (Å²) in [5, 5.41) is 9.06. The van der Waals surface area contributed by atoms with Crippen molar-refractivity contribution in [3.63, 3.8) is 0 Å². The highest BCUT2D eigenvalue weighted by molar-refractivity contribution is 5.48. The SMILES string of the molecule is NC1CCN(c2cccc(CO)c2)CC1. The predicted octanol–water partition coefficient (Wildman–Crippen LogP) is 1.11. The van der Waals surface area contributed by atoms with Gasteiger partial charge in [-0.3, -0.25) is 0 Å². The van der Waals surface area contributed by atoms with Crippen LogP contribution in [0.3, 0.4) is 0 Å². The van der Waals surface area contributed by atoms with E-state index in [1.54, 1.807) is 0 Å². The van der Waals surface area contributed by atoms with Gasteiger partial charge in [-0.1, -0.05) is 12.1 Å². The van der Waals surface area contributed by atoms with Gasteiger partial charge in [-0.25, -0.2) is 0 Å². The van der Waals surface area contributed by atoms with Crippen LogP contribution in [0.4, 0.5) is 5.69 Å². The van der Waals surface area contributed by atoms with Crippen molar-refractivity contribution in [2.45, 2.75) is 25.5 Å². The van der Waals surface area contributed by atoms with Crippen molar-refractivity contribution >= 4 is 5.69 Å². The number of aliphatic hydroxyl groups excluding tert-OH is 1. The molecule has 1 heterocycles. The number of aliphatic hydroxyl groups is 1. The highest BCUT2D eigenvalue weighted by Crippen LogP contribution is 2.20. The van der Waals surface area contributed by atoms with Gasteiger partial charge in [-0.05, 0) is 30.5 Å². The van der Waals surface area contributed by atoms with Crippen LogP contribution in [-0.2, 0) is 6.61 Å². The topological polar surface area (TPSA) is 49.5 Å². The fourth-order valence-electron chi connectivity index (χ4n) is 2.01. The summed E-state index contributed by atoms with van der Waals surface area (Å²) in [7, 11) is 0. The van der Waals surface area contributed by atoms with Crippen LogP contribution in [0.1, 0.15) is 18.4 Å². The van der Waals surface area contributed by atoms with Crippen molar-refractivity contribution < 1.29 is 5.11 Å². The van der Waals surface area contributed by atoms with Crippen LogP contribution in [0.2, 0.25) is 0 Å². The molecule has 1 aromatic carbocycles. The van der Waals surface area contributed by atoms with Crippen molar-refractivity contribution in [2.75, 3.05) is 18.0 Å². The second-order valence-corrected chi connectivity index (χ2v) is 4.15. The first-order chi connectivity index (χ1) is 7.29. The minimum atomic E-state index is 0.112. The molecule has 2 rings (SSSR count). The lowest BCUT2D eigenvalue weighted by molar-refractivity contribution is 0.282. The molecule has 1 aromatic rings. The zero-order valence-corrected chi connectivity index (χ0v) is 8.89. The van der Waals surface area contributed by atoms with Crippen molar-refractivity contribution in [1.29, 1.82) is 0 Å². The van der Waals surface area contributed by atoms with Crippen LogP contribution >= 0.6 is 0 Å². The van der Waals surface area contributed by atoms with Gasteiger partial charge in [0.15, 0.2) is 0 Å². The van der Waals surface area contributed by atoms with Crippen LogP contribution < -0.4 is 10.6 Å². The lowest BCUT2D eigenvalue weighted by Crippen LogP contribution is -2.39. The van der Waals surface area contributed by atoms with Crippen LogP contribution in [-0.4, -0.2) is 24.2 Å². The number of hydrogen-bond acceptors (Lipinski definition) is 3. The van der Waals surface area contributed by atoms with Crippen LogP contribution in [0.5, 0.6) is 0 Å². The quantitative estimate of drug-likeness (QED) is 0.762. The Balaban J connectivity index is 2.08. The maximum absolute atomic E-state index is 9.06. The molecule has 3 heteroatoms. The van der Waals surface area contributed by atoms with Gasteiger partial charge in [-0.15, -0.1) is 0 Å². The first kappa shape index (κ1) is 10.5. The van der Waals surface area contributed by atoms with Gasteiger partial charge in [0.2, 0.25) is 0 Å². The zero-order valence-electron chi connectivity index (χ0n) is 8.89. The molecule has 1 aliphatic heterocycles. The molecule has 3 nitrogen and oxygen atoms in total. The van der Waals surface area contributed by atoms with Crippen LogP contribution in [0.25, 0.3) is 0 Å². The maximum Gasteiger partial charge on any atom is 0.0682 e. The van der Waals surface area contributed by atoms with E-state index in [1.165, 1.54) is 5.69 Å². The fraction of sp³-hybridized carbons (Fsp3) is 0.500. The minimum absolute atomic E-state index is 0.112. The molecule has 0 amide bonds. The van der Waals surface area contributed by atoms with Crippen molar-refractivity contribution in [1.82, 2.24) is 0 Å². The van der Waals surface area contributed by atoms with Gasteiger partial charge in [0.05, 0.1) is 6.61 Å². The van der Waals surface area contributed by atoms with Crippen molar-refractivity contribution in [3.05, 3.63) is 29.8 Å². The first-order valence-corrected chi connectivity index (χ1v) is 5.50. The zero-order chi connectivity index (χ0) is 10.7. The third kappa shape index (κ3) is 2.49. The Morgan fingerprint density at radius 1 is 1.33 bits per heavy atom. The molecule has 0 bridgehead atoms. The molecule has 82 valence electrons. The van der Waals surface area contributed by atoms with E-state index in [-0.39, 0.29) is 6.61 Å². The van der Waals surface area contributed by atoms with E-state index >= 15 is 0 Å². The molecule has 1 aliphatic rings. The summed E-state index contributed by atoms with van der Waals surface area (Å²) in [6.45, 7) is 2.16. The summed E-state index contributed by atoms with van der Waals surface area (Å²) in [5.41, 5.74) is 8.04. The Kier molecular flexibility index (Phi) is 3.23. The number of rotatable bonds is 2. The van der Waals surface area contributed by atoms with Gasteiger partial charge in [0.1, 0.15) is 0 Å². The molecule has 0 unspecified atom stereocenters. The number of anilines is 1. The monoisotopic (exact) mass is 206 g/mol. The summed E-state index contributed by atoms with van der Waals surface area (Å²) < 4.78 is 0. The molecule has 1 fully saturated rings. The molecular formula is C12H18N2O. The van der Waals surface area contributed by atoms with E-state index in [2.05, 4.69) is 17.0 Å². The van der Waals surface area contributed by atoms with Gasteiger partial charge < -0.3 is 15.7 Å². The molecule has 0 saturated carbocycles. The van der Waals surface area contributed by atoms with E-state index < -0.39 is 0 Å². The number of benzene rings is 1. The lowest BCUT2D eigenvalue weighted by Gasteiger charge is -2.32. The average Bonchev–Trinajstić information content (AvgIpc) is 2.30. The Hall–Kier alpha value is -1.06. The number of piperidine rings is 1. The van der Waals surface area contributed by atoms with E-state index in [0.717, 1.165) is 31.5 Å². The summed E-state index contributed by atoms with van der Waals surface area (Å²) in [6.07, 6.45) is 2.12. The van der Waals surface area contributed by atoms with Gasteiger partial charge >= 0.3 is 0 Å². The number of nitrogens with zero attached hydrogens (tertiary/aromatic N) is 1. The Labute approximate surface area is 90.5 Å². The Morgan fingerprint density at radius 2 is 2.07 bits per heavy atom. The van der Waals surface area contributed by atoms with Gasteiger partial charge in [0, 0.05) is 24.8 Å². The van der Waals surface area contributed by atoms with Crippen molar-refractivity contribution in [3.8, 4) is 0 Å². The predicted molar refractivity (Wildman–Crippen MR) is 61.8 cm³/mol. The molecule has 0 aliphatic carbocycles. The van der Waals surface area contributed by atoms with E-state index in [9.17, 15) is 0 Å². The van der Waals surface area contributed by atoms with E-state index in [0.29, 0.717) is 6.04 Å². The summed E-state index contributed by atoms with van der Waals surface area (Å²) in [4.78, 5) is 2.34. The molecule has 0 radical (unpaired) electrons. The molecule has 0 atom stereocenters. The summed E-state index contributed by atoms with van der Waals surface area (Å²) in [6, 6.07) is 8.45. The van der Waals surface area contributed by atoms with E-state index in [4.69, 9.17) is 10.8 Å². The van der Waals surface area contributed by atoms with E-state index in [1.807, 2.05) is 12.1 Å². The number of nitrogens with two attached hydrogens (primary N) is 1. The lowest BCUT2D eigenvalue weighted by atomic mass is 10.0.